The number of benzene rings is 4. The van der Waals surface area contributed by atoms with E-state index >= 15 is 0 Å². The van der Waals surface area contributed by atoms with Crippen molar-refractivity contribution in [3.8, 4) is 0 Å². The van der Waals surface area contributed by atoms with Crippen LogP contribution in [0.4, 0.5) is 5.69 Å². The molecule has 0 aromatic heterocycles. The second kappa shape index (κ2) is 13.5. The number of carbonyl (C=O) groups is 2. The molecule has 0 saturated heterocycles. The standard InChI is InChI=1S/C33H37N3O4S/c1-4-20-34-33(38)31(22-26-13-6-5-7-14-26)35(23-27-15-10-12-25(2)21-27)32(37)24-36(41(3,39)40)30-19-11-17-28-16-8-9-18-29(28)30/h5-19,21,31H,4,20,22-24H2,1-3H3,(H,34,38)/t31-/m1/s1. The summed E-state index contributed by atoms with van der Waals surface area (Å²) in [7, 11) is -3.85. The van der Waals surface area contributed by atoms with Crippen LogP contribution < -0.4 is 9.62 Å². The molecule has 4 aromatic carbocycles. The van der Waals surface area contributed by atoms with Crippen molar-refractivity contribution in [3.63, 3.8) is 0 Å². The third-order valence-electron chi connectivity index (χ3n) is 6.97. The third kappa shape index (κ3) is 7.73. The summed E-state index contributed by atoms with van der Waals surface area (Å²) in [6.07, 6.45) is 2.14. The highest BCUT2D eigenvalue weighted by Gasteiger charge is 2.33. The van der Waals surface area contributed by atoms with Crippen molar-refractivity contribution in [2.45, 2.75) is 39.3 Å². The van der Waals surface area contributed by atoms with Crippen LogP contribution in [0.1, 0.15) is 30.0 Å². The summed E-state index contributed by atoms with van der Waals surface area (Å²) in [5, 5.41) is 4.55. The van der Waals surface area contributed by atoms with Crippen LogP contribution in [-0.4, -0.2) is 50.5 Å². The zero-order valence-electron chi connectivity index (χ0n) is 23.8. The van der Waals surface area contributed by atoms with E-state index in [1.165, 1.54) is 4.90 Å². The molecule has 0 aliphatic carbocycles. The Labute approximate surface area is 242 Å². The van der Waals surface area contributed by atoms with Crippen LogP contribution in [0.5, 0.6) is 0 Å². The molecule has 4 aromatic rings. The average Bonchev–Trinajstić information content (AvgIpc) is 2.96. The SMILES string of the molecule is CCCNC(=O)[C@@H](Cc1ccccc1)N(Cc1cccc(C)c1)C(=O)CN(c1cccc2ccccc12)S(C)(=O)=O. The Morgan fingerprint density at radius 1 is 0.854 bits per heavy atom. The van der Waals surface area contributed by atoms with E-state index in [1.807, 2.05) is 98.8 Å². The molecule has 8 heteroatoms. The number of fused-ring (bicyclic) bond motifs is 1. The Bertz CT molecular complexity index is 1600. The summed E-state index contributed by atoms with van der Waals surface area (Å²) < 4.78 is 27.4. The van der Waals surface area contributed by atoms with Crippen molar-refractivity contribution in [2.75, 3.05) is 23.7 Å². The molecule has 0 aliphatic rings. The lowest BCUT2D eigenvalue weighted by Crippen LogP contribution is -2.53. The Kier molecular flexibility index (Phi) is 9.78. The van der Waals surface area contributed by atoms with Crippen molar-refractivity contribution in [2.24, 2.45) is 0 Å². The molecule has 214 valence electrons. The van der Waals surface area contributed by atoms with Crippen LogP contribution >= 0.6 is 0 Å². The largest absolute Gasteiger partial charge is 0.354 e. The molecule has 0 bridgehead atoms. The van der Waals surface area contributed by atoms with Gasteiger partial charge in [0.05, 0.1) is 11.9 Å². The molecule has 0 spiro atoms. The number of sulfonamides is 1. The first kappa shape index (κ1) is 29.8. The molecular formula is C33H37N3O4S. The van der Waals surface area contributed by atoms with Crippen molar-refractivity contribution < 1.29 is 18.0 Å². The Balaban J connectivity index is 1.77. The van der Waals surface area contributed by atoms with Gasteiger partial charge in [-0.2, -0.15) is 0 Å². The van der Waals surface area contributed by atoms with Gasteiger partial charge in [-0.3, -0.25) is 13.9 Å². The average molecular weight is 572 g/mol. The van der Waals surface area contributed by atoms with Gasteiger partial charge in [0.1, 0.15) is 12.6 Å². The maximum absolute atomic E-state index is 14.2. The monoisotopic (exact) mass is 571 g/mol. The minimum absolute atomic E-state index is 0.157. The number of rotatable bonds is 12. The summed E-state index contributed by atoms with van der Waals surface area (Å²) in [6, 6.07) is 29.3. The molecule has 0 aliphatic heterocycles. The number of nitrogens with zero attached hydrogens (tertiary/aromatic N) is 2. The van der Waals surface area contributed by atoms with E-state index in [0.29, 0.717) is 18.7 Å². The first-order valence-electron chi connectivity index (χ1n) is 13.8. The second-order valence-corrected chi connectivity index (χ2v) is 12.2. The van der Waals surface area contributed by atoms with E-state index in [1.54, 1.807) is 12.1 Å². The lowest BCUT2D eigenvalue weighted by atomic mass is 10.0. The first-order chi connectivity index (χ1) is 19.7. The van der Waals surface area contributed by atoms with E-state index in [4.69, 9.17) is 0 Å². The van der Waals surface area contributed by atoms with Gasteiger partial charge in [-0.15, -0.1) is 0 Å². The molecule has 2 amide bonds. The Morgan fingerprint density at radius 3 is 2.22 bits per heavy atom. The van der Waals surface area contributed by atoms with E-state index < -0.39 is 28.5 Å². The van der Waals surface area contributed by atoms with Gasteiger partial charge in [-0.05, 0) is 35.9 Å². The number of carbonyl (C=O) groups excluding carboxylic acids is 2. The van der Waals surface area contributed by atoms with Gasteiger partial charge in [0.15, 0.2) is 0 Å². The van der Waals surface area contributed by atoms with E-state index in [0.717, 1.165) is 44.4 Å². The smallest absolute Gasteiger partial charge is 0.244 e. The summed E-state index contributed by atoms with van der Waals surface area (Å²) >= 11 is 0. The van der Waals surface area contributed by atoms with Gasteiger partial charge in [0.2, 0.25) is 21.8 Å². The van der Waals surface area contributed by atoms with Gasteiger partial charge >= 0.3 is 0 Å². The summed E-state index contributed by atoms with van der Waals surface area (Å²) in [4.78, 5) is 29.4. The van der Waals surface area contributed by atoms with E-state index in [2.05, 4.69) is 5.32 Å². The topological polar surface area (TPSA) is 86.8 Å². The Hall–Kier alpha value is -4.17. The Morgan fingerprint density at radius 2 is 1.51 bits per heavy atom. The van der Waals surface area contributed by atoms with Gasteiger partial charge < -0.3 is 10.2 Å². The molecule has 1 N–H and O–H groups in total. The summed E-state index contributed by atoms with van der Waals surface area (Å²) in [5.74, 6) is -0.731. The molecule has 0 fully saturated rings. The van der Waals surface area contributed by atoms with Crippen LogP contribution in [0, 0.1) is 6.92 Å². The third-order valence-corrected chi connectivity index (χ3v) is 8.10. The summed E-state index contributed by atoms with van der Waals surface area (Å²) in [5.41, 5.74) is 3.21. The minimum Gasteiger partial charge on any atom is -0.354 e. The van der Waals surface area contributed by atoms with E-state index in [-0.39, 0.29) is 12.5 Å². The van der Waals surface area contributed by atoms with Crippen molar-refractivity contribution in [1.82, 2.24) is 10.2 Å². The highest BCUT2D eigenvalue weighted by molar-refractivity contribution is 7.92. The minimum atomic E-state index is -3.85. The molecular weight excluding hydrogens is 534 g/mol. The molecule has 1 atom stereocenters. The maximum Gasteiger partial charge on any atom is 0.244 e. The van der Waals surface area contributed by atoms with Crippen LogP contribution in [0.3, 0.4) is 0 Å². The fourth-order valence-corrected chi connectivity index (χ4v) is 5.81. The van der Waals surface area contributed by atoms with Gasteiger partial charge in [-0.25, -0.2) is 8.42 Å². The lowest BCUT2D eigenvalue weighted by molar-refractivity contribution is -0.140. The number of amides is 2. The van der Waals surface area contributed by atoms with Crippen LogP contribution in [-0.2, 0) is 32.6 Å². The predicted molar refractivity (Wildman–Crippen MR) is 165 cm³/mol. The van der Waals surface area contributed by atoms with Gasteiger partial charge in [0.25, 0.3) is 0 Å². The maximum atomic E-state index is 14.2. The van der Waals surface area contributed by atoms with Crippen LogP contribution in [0.2, 0.25) is 0 Å². The zero-order valence-corrected chi connectivity index (χ0v) is 24.6. The molecule has 41 heavy (non-hydrogen) atoms. The quantitative estimate of drug-likeness (QED) is 0.257. The number of hydrogen-bond acceptors (Lipinski definition) is 4. The molecule has 0 saturated carbocycles. The lowest BCUT2D eigenvalue weighted by Gasteiger charge is -2.33. The fraction of sp³-hybridized carbons (Fsp3) is 0.273. The number of aryl methyl sites for hydroxylation is 1. The number of hydrogen-bond donors (Lipinski definition) is 1. The van der Waals surface area contributed by atoms with E-state index in [9.17, 15) is 18.0 Å². The van der Waals surface area contributed by atoms with Crippen molar-refractivity contribution in [3.05, 3.63) is 114 Å². The molecule has 0 unspecified atom stereocenters. The van der Waals surface area contributed by atoms with Crippen molar-refractivity contribution in [1.29, 1.82) is 0 Å². The van der Waals surface area contributed by atoms with Crippen LogP contribution in [0.25, 0.3) is 10.8 Å². The summed E-state index contributed by atoms with van der Waals surface area (Å²) in [6.45, 7) is 4.13. The normalized spacial score (nSPS) is 12.1. The predicted octanol–water partition coefficient (Wildman–Crippen LogP) is 5.08. The first-order valence-corrected chi connectivity index (χ1v) is 15.6. The zero-order chi connectivity index (χ0) is 29.4. The molecule has 0 heterocycles. The molecule has 4 rings (SSSR count). The van der Waals surface area contributed by atoms with Gasteiger partial charge in [0, 0.05) is 24.9 Å². The highest BCUT2D eigenvalue weighted by atomic mass is 32.2. The number of anilines is 1. The molecule has 0 radical (unpaired) electrons. The van der Waals surface area contributed by atoms with Crippen molar-refractivity contribution >= 4 is 38.3 Å². The second-order valence-electron chi connectivity index (χ2n) is 10.3. The highest BCUT2D eigenvalue weighted by Crippen LogP contribution is 2.29. The molecule has 7 nitrogen and oxygen atoms in total. The fourth-order valence-electron chi connectivity index (χ4n) is 4.95. The number of nitrogens with one attached hydrogen (secondary N) is 1. The van der Waals surface area contributed by atoms with Gasteiger partial charge in [-0.1, -0.05) is 103 Å². The van der Waals surface area contributed by atoms with Crippen LogP contribution in [0.15, 0.2) is 97.1 Å².